The van der Waals surface area contributed by atoms with Gasteiger partial charge in [-0.2, -0.15) is 0 Å². The van der Waals surface area contributed by atoms with Crippen LogP contribution in [0.5, 0.6) is 11.5 Å². The molecular formula is C23H33N5O2. The Labute approximate surface area is 179 Å². The Bertz CT molecular complexity index is 804. The van der Waals surface area contributed by atoms with Gasteiger partial charge in [0, 0.05) is 64.6 Å². The summed E-state index contributed by atoms with van der Waals surface area (Å²) in [6, 6.07) is 16.4. The van der Waals surface area contributed by atoms with Gasteiger partial charge in [-0.05, 0) is 17.7 Å². The zero-order chi connectivity index (χ0) is 21.2. The number of nitrogens with one attached hydrogen (secondary N) is 2. The lowest BCUT2D eigenvalue weighted by atomic mass is 10.2. The minimum absolute atomic E-state index is 0.686. The molecular weight excluding hydrogens is 378 g/mol. The Hall–Kier alpha value is -2.77. The molecule has 1 fully saturated rings. The zero-order valence-electron chi connectivity index (χ0n) is 18.2. The lowest BCUT2D eigenvalue weighted by Gasteiger charge is -2.34. The van der Waals surface area contributed by atoms with Crippen LogP contribution in [0.3, 0.4) is 0 Å². The maximum atomic E-state index is 5.36. The molecule has 2 N–H and O–H groups in total. The summed E-state index contributed by atoms with van der Waals surface area (Å²) in [5, 5.41) is 6.70. The Balaban J connectivity index is 1.39. The second kappa shape index (κ2) is 11.4. The molecule has 1 saturated heterocycles. The molecule has 0 amide bonds. The molecule has 30 heavy (non-hydrogen) atoms. The molecule has 7 heteroatoms. The molecule has 1 aliphatic rings. The average Bonchev–Trinajstić information content (AvgIpc) is 2.80. The van der Waals surface area contributed by atoms with Crippen LogP contribution in [0.2, 0.25) is 0 Å². The third-order valence-electron chi connectivity index (χ3n) is 5.30. The van der Waals surface area contributed by atoms with Gasteiger partial charge in [0.05, 0.1) is 14.2 Å². The van der Waals surface area contributed by atoms with Gasteiger partial charge in [0.1, 0.15) is 0 Å². The van der Waals surface area contributed by atoms with Crippen molar-refractivity contribution in [3.8, 4) is 11.5 Å². The Morgan fingerprint density at radius 2 is 1.63 bits per heavy atom. The number of rotatable bonds is 8. The summed E-state index contributed by atoms with van der Waals surface area (Å²) >= 11 is 0. The van der Waals surface area contributed by atoms with Gasteiger partial charge in [-0.25, -0.2) is 0 Å². The summed E-state index contributed by atoms with van der Waals surface area (Å²) in [4.78, 5) is 9.34. The van der Waals surface area contributed by atoms with E-state index in [0.29, 0.717) is 11.5 Å². The third kappa shape index (κ3) is 6.37. The fourth-order valence-electron chi connectivity index (χ4n) is 3.57. The Morgan fingerprint density at radius 3 is 2.30 bits per heavy atom. The Morgan fingerprint density at radius 1 is 0.933 bits per heavy atom. The van der Waals surface area contributed by atoms with Gasteiger partial charge in [-0.1, -0.05) is 30.3 Å². The molecule has 0 bridgehead atoms. The monoisotopic (exact) mass is 411 g/mol. The first-order valence-electron chi connectivity index (χ1n) is 10.4. The van der Waals surface area contributed by atoms with Crippen molar-refractivity contribution in [1.82, 2.24) is 15.1 Å². The van der Waals surface area contributed by atoms with E-state index in [1.165, 1.54) is 5.56 Å². The van der Waals surface area contributed by atoms with Gasteiger partial charge in [0.15, 0.2) is 17.5 Å². The van der Waals surface area contributed by atoms with Crippen molar-refractivity contribution < 1.29 is 9.47 Å². The molecule has 3 rings (SSSR count). The van der Waals surface area contributed by atoms with E-state index in [-0.39, 0.29) is 0 Å². The van der Waals surface area contributed by atoms with Gasteiger partial charge in [-0.15, -0.1) is 0 Å². The second-order valence-corrected chi connectivity index (χ2v) is 7.30. The predicted octanol–water partition coefficient (Wildman–Crippen LogP) is 2.51. The summed E-state index contributed by atoms with van der Waals surface area (Å²) < 4.78 is 10.7. The highest BCUT2D eigenvalue weighted by Crippen LogP contribution is 2.29. The van der Waals surface area contributed by atoms with E-state index < -0.39 is 0 Å². The molecule has 0 spiro atoms. The molecule has 0 aromatic heterocycles. The summed E-state index contributed by atoms with van der Waals surface area (Å²) in [5.74, 6) is 2.13. The molecule has 1 heterocycles. The molecule has 162 valence electrons. The number of benzene rings is 2. The molecule has 0 unspecified atom stereocenters. The van der Waals surface area contributed by atoms with Crippen molar-refractivity contribution in [3.05, 3.63) is 54.1 Å². The molecule has 2 aromatic carbocycles. The number of hydrogen-bond acceptors (Lipinski definition) is 5. The lowest BCUT2D eigenvalue weighted by Crippen LogP contribution is -2.48. The fraction of sp³-hybridized carbons (Fsp3) is 0.435. The SMILES string of the molecule is CN=C(NCCN1CCN(Cc2ccccc2)CC1)Nc1ccc(OC)c(OC)c1. The number of aliphatic imine (C=N–C) groups is 1. The minimum Gasteiger partial charge on any atom is -0.493 e. The summed E-state index contributed by atoms with van der Waals surface area (Å²) in [6.45, 7) is 7.26. The van der Waals surface area contributed by atoms with Crippen LogP contribution in [0.25, 0.3) is 0 Å². The number of ether oxygens (including phenoxy) is 2. The highest BCUT2D eigenvalue weighted by Gasteiger charge is 2.16. The van der Waals surface area contributed by atoms with Crippen molar-refractivity contribution in [3.63, 3.8) is 0 Å². The highest BCUT2D eigenvalue weighted by atomic mass is 16.5. The highest BCUT2D eigenvalue weighted by molar-refractivity contribution is 5.93. The number of hydrogen-bond donors (Lipinski definition) is 2. The quantitative estimate of drug-likeness (QED) is 0.514. The van der Waals surface area contributed by atoms with Crippen molar-refractivity contribution >= 4 is 11.6 Å². The first-order chi connectivity index (χ1) is 14.7. The van der Waals surface area contributed by atoms with Crippen molar-refractivity contribution in [2.45, 2.75) is 6.54 Å². The number of methoxy groups -OCH3 is 2. The maximum Gasteiger partial charge on any atom is 0.195 e. The topological polar surface area (TPSA) is 61.4 Å². The average molecular weight is 412 g/mol. The third-order valence-corrected chi connectivity index (χ3v) is 5.30. The van der Waals surface area contributed by atoms with E-state index in [9.17, 15) is 0 Å². The molecule has 2 aromatic rings. The van der Waals surface area contributed by atoms with E-state index in [4.69, 9.17) is 9.47 Å². The van der Waals surface area contributed by atoms with Crippen LogP contribution in [0, 0.1) is 0 Å². The van der Waals surface area contributed by atoms with Gasteiger partial charge in [0.2, 0.25) is 0 Å². The van der Waals surface area contributed by atoms with Crippen LogP contribution < -0.4 is 20.1 Å². The normalized spacial score (nSPS) is 15.6. The van der Waals surface area contributed by atoms with Crippen LogP contribution in [0.4, 0.5) is 5.69 Å². The van der Waals surface area contributed by atoms with E-state index in [1.807, 2.05) is 18.2 Å². The van der Waals surface area contributed by atoms with Crippen molar-refractivity contribution in [1.29, 1.82) is 0 Å². The smallest absolute Gasteiger partial charge is 0.195 e. The van der Waals surface area contributed by atoms with Crippen LogP contribution in [0.15, 0.2) is 53.5 Å². The van der Waals surface area contributed by atoms with E-state index >= 15 is 0 Å². The van der Waals surface area contributed by atoms with E-state index in [1.54, 1.807) is 21.3 Å². The summed E-state index contributed by atoms with van der Waals surface area (Å²) in [7, 11) is 5.04. The van der Waals surface area contributed by atoms with E-state index in [2.05, 4.69) is 55.8 Å². The Kier molecular flexibility index (Phi) is 8.35. The molecule has 0 atom stereocenters. The predicted molar refractivity (Wildman–Crippen MR) is 123 cm³/mol. The number of nitrogens with zero attached hydrogens (tertiary/aromatic N) is 3. The van der Waals surface area contributed by atoms with Crippen LogP contribution >= 0.6 is 0 Å². The number of piperazine rings is 1. The zero-order valence-corrected chi connectivity index (χ0v) is 18.2. The van der Waals surface area contributed by atoms with Gasteiger partial charge >= 0.3 is 0 Å². The fourth-order valence-corrected chi connectivity index (χ4v) is 3.57. The van der Waals surface area contributed by atoms with Crippen LogP contribution in [0.1, 0.15) is 5.56 Å². The van der Waals surface area contributed by atoms with Gasteiger partial charge in [-0.3, -0.25) is 14.8 Å². The minimum atomic E-state index is 0.686. The molecule has 7 nitrogen and oxygen atoms in total. The summed E-state index contributed by atoms with van der Waals surface area (Å²) in [5.41, 5.74) is 2.29. The first kappa shape index (κ1) is 21.9. The van der Waals surface area contributed by atoms with E-state index in [0.717, 1.165) is 57.5 Å². The lowest BCUT2D eigenvalue weighted by molar-refractivity contribution is 0.129. The van der Waals surface area contributed by atoms with Crippen LogP contribution in [-0.2, 0) is 6.54 Å². The van der Waals surface area contributed by atoms with Gasteiger partial charge in [0.25, 0.3) is 0 Å². The van der Waals surface area contributed by atoms with Crippen LogP contribution in [-0.4, -0.2) is 76.3 Å². The van der Waals surface area contributed by atoms with Gasteiger partial charge < -0.3 is 20.1 Å². The number of guanidine groups is 1. The number of anilines is 1. The largest absolute Gasteiger partial charge is 0.493 e. The molecule has 0 aliphatic carbocycles. The standard InChI is InChI=1S/C23H33N5O2/c1-24-23(26-20-9-10-21(29-2)22(17-20)30-3)25-11-12-27-13-15-28(16-14-27)18-19-7-5-4-6-8-19/h4-10,17H,11-16,18H2,1-3H3,(H2,24,25,26). The van der Waals surface area contributed by atoms with Crippen molar-refractivity contribution in [2.24, 2.45) is 4.99 Å². The maximum absolute atomic E-state index is 5.36. The molecule has 0 saturated carbocycles. The molecule has 1 aliphatic heterocycles. The first-order valence-corrected chi connectivity index (χ1v) is 10.4. The molecule has 0 radical (unpaired) electrons. The van der Waals surface area contributed by atoms with Crippen molar-refractivity contribution in [2.75, 3.05) is 65.9 Å². The second-order valence-electron chi connectivity index (χ2n) is 7.30. The summed E-state index contributed by atoms with van der Waals surface area (Å²) in [6.07, 6.45) is 0.